The lowest BCUT2D eigenvalue weighted by Gasteiger charge is -2.17. The number of hydrogen-bond donors (Lipinski definition) is 1. The maximum atomic E-state index is 11.8. The predicted octanol–water partition coefficient (Wildman–Crippen LogP) is 0.738. The van der Waals surface area contributed by atoms with Gasteiger partial charge >= 0.3 is 0 Å². The van der Waals surface area contributed by atoms with Gasteiger partial charge in [-0.25, -0.2) is 8.42 Å². The van der Waals surface area contributed by atoms with Crippen molar-refractivity contribution in [1.82, 2.24) is 5.32 Å². The van der Waals surface area contributed by atoms with Crippen LogP contribution in [0.3, 0.4) is 0 Å². The molecule has 4 nitrogen and oxygen atoms in total. The molecule has 0 amide bonds. The molecule has 0 radical (unpaired) electrons. The minimum absolute atomic E-state index is 0.264. The summed E-state index contributed by atoms with van der Waals surface area (Å²) in [5.41, 5.74) is 2.05. The van der Waals surface area contributed by atoms with Crippen LogP contribution in [-0.2, 0) is 27.5 Å². The highest BCUT2D eigenvalue weighted by Crippen LogP contribution is 2.25. The maximum absolute atomic E-state index is 11.8. The molecule has 1 aliphatic rings. The van der Waals surface area contributed by atoms with Gasteiger partial charge in [0.05, 0.1) is 17.2 Å². The monoisotopic (exact) mass is 267 g/mol. The summed E-state index contributed by atoms with van der Waals surface area (Å²) in [7, 11) is -3.05. The lowest BCUT2D eigenvalue weighted by molar-refractivity contribution is -0.107. The Kier molecular flexibility index (Phi) is 4.14. The van der Waals surface area contributed by atoms with E-state index in [9.17, 15) is 13.2 Å². The number of sulfone groups is 1. The first-order valence-electron chi connectivity index (χ1n) is 6.12. The summed E-state index contributed by atoms with van der Waals surface area (Å²) in [4.78, 5) is 10.6. The fourth-order valence-corrected chi connectivity index (χ4v) is 3.82. The molecule has 0 atom stereocenters. The van der Waals surface area contributed by atoms with Crippen LogP contribution < -0.4 is 5.32 Å². The van der Waals surface area contributed by atoms with Gasteiger partial charge in [0.2, 0.25) is 0 Å². The Bertz CT molecular complexity index is 537. The van der Waals surface area contributed by atoms with E-state index in [4.69, 9.17) is 0 Å². The Morgan fingerprint density at radius 1 is 1.33 bits per heavy atom. The molecule has 1 aromatic rings. The average Bonchev–Trinajstić information content (AvgIpc) is 2.34. The van der Waals surface area contributed by atoms with E-state index >= 15 is 0 Å². The van der Waals surface area contributed by atoms with Crippen molar-refractivity contribution in [2.75, 3.05) is 18.8 Å². The van der Waals surface area contributed by atoms with Crippen molar-refractivity contribution >= 4 is 16.1 Å². The summed E-state index contributed by atoms with van der Waals surface area (Å²) in [6.07, 6.45) is 3.19. The molecule has 0 aliphatic carbocycles. The summed E-state index contributed by atoms with van der Waals surface area (Å²) in [6.45, 7) is 1.09. The van der Waals surface area contributed by atoms with Gasteiger partial charge in [0.15, 0.2) is 9.84 Å². The topological polar surface area (TPSA) is 63.2 Å². The molecule has 2 rings (SSSR count). The quantitative estimate of drug-likeness (QED) is 0.631. The Morgan fingerprint density at radius 2 is 2.17 bits per heavy atom. The maximum Gasteiger partial charge on any atom is 0.178 e. The Hall–Kier alpha value is -1.20. The van der Waals surface area contributed by atoms with Crippen LogP contribution in [0.4, 0.5) is 0 Å². The zero-order valence-electron chi connectivity index (χ0n) is 10.2. The fraction of sp³-hybridized carbons (Fsp3) is 0.462. The molecule has 0 fully saturated rings. The minimum Gasteiger partial charge on any atom is -0.310 e. The number of hydrogen-bond acceptors (Lipinski definition) is 4. The number of carbonyl (C=O) groups excluding carboxylic acids is 1. The van der Waals surface area contributed by atoms with Crippen molar-refractivity contribution in [3.63, 3.8) is 0 Å². The molecular weight excluding hydrogens is 250 g/mol. The highest BCUT2D eigenvalue weighted by molar-refractivity contribution is 7.91. The number of benzene rings is 1. The van der Waals surface area contributed by atoms with E-state index in [0.29, 0.717) is 17.9 Å². The molecule has 1 heterocycles. The second kappa shape index (κ2) is 5.63. The van der Waals surface area contributed by atoms with Crippen molar-refractivity contribution in [2.45, 2.75) is 24.2 Å². The summed E-state index contributed by atoms with van der Waals surface area (Å²) in [5.74, 6) is 0.264. The van der Waals surface area contributed by atoms with E-state index in [1.807, 2.05) is 12.1 Å². The molecule has 0 aromatic heterocycles. The number of carbonyl (C=O) groups is 1. The van der Waals surface area contributed by atoms with E-state index in [1.54, 1.807) is 6.07 Å². The molecule has 1 N–H and O–H groups in total. The number of aryl methyl sites for hydroxylation is 1. The third kappa shape index (κ3) is 2.97. The largest absolute Gasteiger partial charge is 0.310 e. The van der Waals surface area contributed by atoms with E-state index in [1.165, 1.54) is 0 Å². The molecule has 0 unspecified atom stereocenters. The predicted molar refractivity (Wildman–Crippen MR) is 69.5 cm³/mol. The Balaban J connectivity index is 2.10. The van der Waals surface area contributed by atoms with E-state index in [2.05, 4.69) is 5.32 Å². The van der Waals surface area contributed by atoms with Gasteiger partial charge in [-0.1, -0.05) is 12.1 Å². The first-order valence-corrected chi connectivity index (χ1v) is 7.77. The van der Waals surface area contributed by atoms with Crippen LogP contribution in [0.2, 0.25) is 0 Å². The highest BCUT2D eigenvalue weighted by Gasteiger charge is 2.23. The van der Waals surface area contributed by atoms with Crippen LogP contribution in [0.15, 0.2) is 23.1 Å². The molecule has 0 bridgehead atoms. The van der Waals surface area contributed by atoms with Crippen molar-refractivity contribution < 1.29 is 13.2 Å². The number of nitrogens with one attached hydrogen (secondary N) is 1. The zero-order chi connectivity index (χ0) is 13.0. The second-order valence-corrected chi connectivity index (χ2v) is 6.56. The van der Waals surface area contributed by atoms with Crippen LogP contribution in [0, 0.1) is 0 Å². The van der Waals surface area contributed by atoms with E-state index in [0.717, 1.165) is 36.8 Å². The van der Waals surface area contributed by atoms with Gasteiger partial charge < -0.3 is 10.1 Å². The van der Waals surface area contributed by atoms with Gasteiger partial charge in [0, 0.05) is 0 Å². The van der Waals surface area contributed by atoms with Crippen molar-refractivity contribution in [1.29, 1.82) is 0 Å². The summed E-state index contributed by atoms with van der Waals surface area (Å²) >= 11 is 0. The van der Waals surface area contributed by atoms with Gasteiger partial charge in [0.1, 0.15) is 6.29 Å². The van der Waals surface area contributed by atoms with Crippen LogP contribution in [0.5, 0.6) is 0 Å². The standard InChI is InChI=1S/C13H17NO3S/c15-8-7-14-6-5-11-3-4-13-12(10-11)2-1-9-18(13,16)17/h3-4,8,10,14H,1-2,5-7,9H2. The molecule has 98 valence electrons. The minimum atomic E-state index is -3.05. The smallest absolute Gasteiger partial charge is 0.178 e. The third-order valence-electron chi connectivity index (χ3n) is 3.14. The highest BCUT2D eigenvalue weighted by atomic mass is 32.2. The zero-order valence-corrected chi connectivity index (χ0v) is 11.0. The van der Waals surface area contributed by atoms with Crippen LogP contribution in [0.25, 0.3) is 0 Å². The summed E-state index contributed by atoms with van der Waals surface area (Å²) in [5, 5.41) is 2.99. The molecular formula is C13H17NO3S. The van der Waals surface area contributed by atoms with Crippen LogP contribution in [-0.4, -0.2) is 33.5 Å². The van der Waals surface area contributed by atoms with Gasteiger partial charge in [-0.15, -0.1) is 0 Å². The molecule has 1 aromatic carbocycles. The van der Waals surface area contributed by atoms with Crippen molar-refractivity contribution in [3.8, 4) is 0 Å². The lowest BCUT2D eigenvalue weighted by Crippen LogP contribution is -2.20. The molecule has 0 saturated heterocycles. The molecule has 1 aliphatic heterocycles. The van der Waals surface area contributed by atoms with Gasteiger partial charge in [-0.3, -0.25) is 0 Å². The van der Waals surface area contributed by atoms with Crippen LogP contribution in [0.1, 0.15) is 17.5 Å². The Labute approximate surface area is 107 Å². The van der Waals surface area contributed by atoms with Crippen LogP contribution >= 0.6 is 0 Å². The first kappa shape index (κ1) is 13.2. The third-order valence-corrected chi connectivity index (χ3v) is 5.03. The van der Waals surface area contributed by atoms with E-state index < -0.39 is 9.84 Å². The summed E-state index contributed by atoms with van der Waals surface area (Å²) in [6, 6.07) is 5.57. The number of aldehydes is 1. The summed E-state index contributed by atoms with van der Waals surface area (Å²) < 4.78 is 23.7. The van der Waals surface area contributed by atoms with Crippen molar-refractivity contribution in [3.05, 3.63) is 29.3 Å². The van der Waals surface area contributed by atoms with Gasteiger partial charge in [-0.05, 0) is 43.0 Å². The number of rotatable bonds is 5. The average molecular weight is 267 g/mol. The molecule has 18 heavy (non-hydrogen) atoms. The molecule has 0 spiro atoms. The first-order chi connectivity index (χ1) is 8.63. The van der Waals surface area contributed by atoms with E-state index in [-0.39, 0.29) is 5.75 Å². The lowest BCUT2D eigenvalue weighted by atomic mass is 10.0. The molecule has 0 saturated carbocycles. The Morgan fingerprint density at radius 3 is 2.94 bits per heavy atom. The molecule has 5 heteroatoms. The van der Waals surface area contributed by atoms with Gasteiger partial charge in [-0.2, -0.15) is 0 Å². The SMILES string of the molecule is O=CCNCCc1ccc2c(c1)CCCS2(=O)=O. The normalized spacial score (nSPS) is 17.1. The second-order valence-electron chi connectivity index (χ2n) is 4.49. The van der Waals surface area contributed by atoms with Gasteiger partial charge in [0.25, 0.3) is 0 Å². The van der Waals surface area contributed by atoms with Crippen molar-refractivity contribution in [2.24, 2.45) is 0 Å². The number of fused-ring (bicyclic) bond motifs is 1. The fourth-order valence-electron chi connectivity index (χ4n) is 2.24.